The van der Waals surface area contributed by atoms with Crippen LogP contribution in [0.1, 0.15) is 19.7 Å². The van der Waals surface area contributed by atoms with Crippen LogP contribution in [0, 0.1) is 5.92 Å². The van der Waals surface area contributed by atoms with Crippen molar-refractivity contribution in [2.24, 2.45) is 5.92 Å². The van der Waals surface area contributed by atoms with Crippen LogP contribution in [0.15, 0.2) is 21.5 Å². The van der Waals surface area contributed by atoms with Crippen molar-refractivity contribution < 1.29 is 9.26 Å². The first-order chi connectivity index (χ1) is 9.60. The quantitative estimate of drug-likeness (QED) is 0.788. The first-order valence-corrected chi connectivity index (χ1v) is 6.50. The number of rotatable bonds is 6. The van der Waals surface area contributed by atoms with Crippen LogP contribution in [0.5, 0.6) is 0 Å². The van der Waals surface area contributed by atoms with E-state index >= 15 is 0 Å². The third-order valence-electron chi connectivity index (χ3n) is 2.65. The molecule has 0 aromatic carbocycles. The molecule has 0 aliphatic heterocycles. The largest absolute Gasteiger partial charge is 0.383 e. The zero-order valence-corrected chi connectivity index (χ0v) is 11.9. The first-order valence-electron chi connectivity index (χ1n) is 6.50. The van der Waals surface area contributed by atoms with Crippen LogP contribution in [-0.2, 0) is 17.7 Å². The standard InChI is InChI=1S/C13H18N4O3/c1-9(2)8-11-14-13(20-16-11)10-4-5-12(18)17(15-10)6-7-19-3/h4-5,9H,6-8H2,1-3H3. The Hall–Kier alpha value is -2.02. The van der Waals surface area contributed by atoms with Gasteiger partial charge in [-0.15, -0.1) is 0 Å². The van der Waals surface area contributed by atoms with Crippen molar-refractivity contribution in [1.29, 1.82) is 0 Å². The molecule has 7 nitrogen and oxygen atoms in total. The van der Waals surface area contributed by atoms with E-state index in [1.807, 2.05) is 0 Å². The van der Waals surface area contributed by atoms with Gasteiger partial charge in [0, 0.05) is 19.6 Å². The molecule has 0 N–H and O–H groups in total. The maximum atomic E-state index is 11.6. The molecule has 108 valence electrons. The fraction of sp³-hybridized carbons (Fsp3) is 0.538. The van der Waals surface area contributed by atoms with Gasteiger partial charge in [0.25, 0.3) is 11.4 Å². The lowest BCUT2D eigenvalue weighted by Gasteiger charge is -2.03. The molecule has 0 atom stereocenters. The van der Waals surface area contributed by atoms with Crippen LogP contribution in [0.3, 0.4) is 0 Å². The fourth-order valence-electron chi connectivity index (χ4n) is 1.71. The lowest BCUT2D eigenvalue weighted by Crippen LogP contribution is -2.24. The number of nitrogens with zero attached hydrogens (tertiary/aromatic N) is 4. The molecule has 0 amide bonds. The van der Waals surface area contributed by atoms with Crippen molar-refractivity contribution in [2.75, 3.05) is 13.7 Å². The lowest BCUT2D eigenvalue weighted by molar-refractivity contribution is 0.182. The second-order valence-electron chi connectivity index (χ2n) is 4.89. The highest BCUT2D eigenvalue weighted by molar-refractivity contribution is 5.44. The van der Waals surface area contributed by atoms with Gasteiger partial charge in [0.15, 0.2) is 5.82 Å². The van der Waals surface area contributed by atoms with Crippen LogP contribution < -0.4 is 5.56 Å². The molecule has 0 radical (unpaired) electrons. The Morgan fingerprint density at radius 3 is 2.90 bits per heavy atom. The second kappa shape index (κ2) is 6.42. The summed E-state index contributed by atoms with van der Waals surface area (Å²) in [6.07, 6.45) is 0.743. The molecular formula is C13H18N4O3. The van der Waals surface area contributed by atoms with Gasteiger partial charge in [-0.1, -0.05) is 19.0 Å². The van der Waals surface area contributed by atoms with Crippen LogP contribution in [0.2, 0.25) is 0 Å². The van der Waals surface area contributed by atoms with Crippen molar-refractivity contribution in [2.45, 2.75) is 26.8 Å². The van der Waals surface area contributed by atoms with Crippen molar-refractivity contribution in [3.05, 3.63) is 28.3 Å². The molecule has 2 aromatic heterocycles. The molecule has 0 spiro atoms. The summed E-state index contributed by atoms with van der Waals surface area (Å²) in [4.78, 5) is 15.9. The molecule has 0 saturated carbocycles. The van der Waals surface area contributed by atoms with Gasteiger partial charge in [0.2, 0.25) is 0 Å². The molecule has 0 aliphatic rings. The fourth-order valence-corrected chi connectivity index (χ4v) is 1.71. The Kier molecular flexibility index (Phi) is 4.62. The van der Waals surface area contributed by atoms with Gasteiger partial charge in [-0.25, -0.2) is 4.68 Å². The summed E-state index contributed by atoms with van der Waals surface area (Å²) in [5.41, 5.74) is 0.302. The number of ether oxygens (including phenoxy) is 1. The van der Waals surface area contributed by atoms with E-state index in [1.54, 1.807) is 13.2 Å². The van der Waals surface area contributed by atoms with Gasteiger partial charge in [-0.05, 0) is 12.0 Å². The molecule has 0 bridgehead atoms. The van der Waals surface area contributed by atoms with Crippen molar-refractivity contribution >= 4 is 0 Å². The maximum Gasteiger partial charge on any atom is 0.278 e. The molecule has 0 unspecified atom stereocenters. The molecule has 20 heavy (non-hydrogen) atoms. The third-order valence-corrected chi connectivity index (χ3v) is 2.65. The van der Waals surface area contributed by atoms with E-state index < -0.39 is 0 Å². The molecule has 2 heterocycles. The second-order valence-corrected chi connectivity index (χ2v) is 4.89. The molecule has 0 fully saturated rings. The van der Waals surface area contributed by atoms with Crippen molar-refractivity contribution in [3.8, 4) is 11.6 Å². The summed E-state index contributed by atoms with van der Waals surface area (Å²) in [5.74, 6) is 1.42. The van der Waals surface area contributed by atoms with Crippen LogP contribution >= 0.6 is 0 Å². The number of methoxy groups -OCH3 is 1. The van der Waals surface area contributed by atoms with Gasteiger partial charge >= 0.3 is 0 Å². The highest BCUT2D eigenvalue weighted by Gasteiger charge is 2.12. The van der Waals surface area contributed by atoms with Crippen molar-refractivity contribution in [1.82, 2.24) is 19.9 Å². The van der Waals surface area contributed by atoms with E-state index in [-0.39, 0.29) is 5.56 Å². The maximum absolute atomic E-state index is 11.6. The summed E-state index contributed by atoms with van der Waals surface area (Å²) in [6, 6.07) is 3.02. The van der Waals surface area contributed by atoms with E-state index in [0.717, 1.165) is 6.42 Å². The summed E-state index contributed by atoms with van der Waals surface area (Å²) in [5, 5.41) is 8.11. The molecule has 2 aromatic rings. The summed E-state index contributed by atoms with van der Waals surface area (Å²) < 4.78 is 11.4. The molecule has 7 heteroatoms. The average molecular weight is 278 g/mol. The van der Waals surface area contributed by atoms with Gasteiger partial charge in [0.1, 0.15) is 5.69 Å². The number of hydrogen-bond donors (Lipinski definition) is 0. The lowest BCUT2D eigenvalue weighted by atomic mass is 10.1. The number of aromatic nitrogens is 4. The Morgan fingerprint density at radius 1 is 1.40 bits per heavy atom. The van der Waals surface area contributed by atoms with Crippen LogP contribution in [0.4, 0.5) is 0 Å². The highest BCUT2D eigenvalue weighted by atomic mass is 16.5. The van der Waals surface area contributed by atoms with E-state index in [4.69, 9.17) is 9.26 Å². The minimum Gasteiger partial charge on any atom is -0.383 e. The third kappa shape index (κ3) is 3.51. The molecule has 0 aliphatic carbocycles. The predicted molar refractivity (Wildman–Crippen MR) is 72.2 cm³/mol. The minimum absolute atomic E-state index is 0.187. The zero-order valence-electron chi connectivity index (χ0n) is 11.9. The Balaban J connectivity index is 2.23. The first kappa shape index (κ1) is 14.4. The normalized spacial score (nSPS) is 11.2. The highest BCUT2D eigenvalue weighted by Crippen LogP contribution is 2.14. The van der Waals surface area contributed by atoms with Gasteiger partial charge < -0.3 is 9.26 Å². The average Bonchev–Trinajstić information content (AvgIpc) is 2.85. The van der Waals surface area contributed by atoms with E-state index in [2.05, 4.69) is 29.1 Å². The minimum atomic E-state index is -0.187. The van der Waals surface area contributed by atoms with Gasteiger partial charge in [-0.2, -0.15) is 10.1 Å². The van der Waals surface area contributed by atoms with E-state index in [0.29, 0.717) is 36.5 Å². The monoisotopic (exact) mass is 278 g/mol. The zero-order chi connectivity index (χ0) is 14.5. The molecular weight excluding hydrogens is 260 g/mol. The van der Waals surface area contributed by atoms with E-state index in [9.17, 15) is 4.79 Å². The predicted octanol–water partition coefficient (Wildman–Crippen LogP) is 1.14. The topological polar surface area (TPSA) is 83.0 Å². The SMILES string of the molecule is COCCn1nc(-c2nc(CC(C)C)no2)ccc1=O. The summed E-state index contributed by atoms with van der Waals surface area (Å²) >= 11 is 0. The van der Waals surface area contributed by atoms with Gasteiger partial charge in [-0.3, -0.25) is 4.79 Å². The van der Waals surface area contributed by atoms with Crippen LogP contribution in [0.25, 0.3) is 11.6 Å². The summed E-state index contributed by atoms with van der Waals surface area (Å²) in [7, 11) is 1.57. The molecule has 2 rings (SSSR count). The molecule has 0 saturated heterocycles. The van der Waals surface area contributed by atoms with E-state index in [1.165, 1.54) is 10.7 Å². The van der Waals surface area contributed by atoms with Crippen LogP contribution in [-0.4, -0.2) is 33.6 Å². The smallest absolute Gasteiger partial charge is 0.278 e. The Bertz CT molecular complexity index is 618. The van der Waals surface area contributed by atoms with Crippen molar-refractivity contribution in [3.63, 3.8) is 0 Å². The summed E-state index contributed by atoms with van der Waals surface area (Å²) in [6.45, 7) is 4.97. The Labute approximate surface area is 116 Å². The number of hydrogen-bond acceptors (Lipinski definition) is 6. The Morgan fingerprint density at radius 2 is 2.20 bits per heavy atom. The van der Waals surface area contributed by atoms with Gasteiger partial charge in [0.05, 0.1) is 13.2 Å².